The summed E-state index contributed by atoms with van der Waals surface area (Å²) in [5.74, 6) is 0. The zero-order valence-electron chi connectivity index (χ0n) is 28.6. The van der Waals surface area contributed by atoms with Crippen molar-refractivity contribution in [3.8, 4) is 22.5 Å². The maximum atomic E-state index is 8.60. The predicted molar refractivity (Wildman–Crippen MR) is 183 cm³/mol. The van der Waals surface area contributed by atoms with E-state index in [1.807, 2.05) is 97.1 Å². The van der Waals surface area contributed by atoms with Crippen LogP contribution in [0.1, 0.15) is 27.7 Å². The summed E-state index contributed by atoms with van der Waals surface area (Å²) < 4.78 is 40.1. The average molecular weight is 775 g/mol. The zero-order chi connectivity index (χ0) is 33.8. The number of pyridine rings is 2. The Hall–Kier alpha value is -5.15. The molecule has 0 unspecified atom stereocenters. The number of hydrogen-bond donors (Lipinski definition) is 0. The van der Waals surface area contributed by atoms with Crippen molar-refractivity contribution in [3.63, 3.8) is 0 Å². The number of hydrogen-bond acceptors (Lipinski definition) is 3. The number of benzene rings is 5. The molecule has 1 radical (unpaired) electrons. The molecule has 0 N–H and O–H groups in total. The quantitative estimate of drug-likeness (QED) is 0.158. The smallest absolute Gasteiger partial charge is 0.120 e. The number of rotatable bonds is 6. The number of furan rings is 1. The van der Waals surface area contributed by atoms with Crippen molar-refractivity contribution in [2.75, 3.05) is 0 Å². The number of fused-ring (bicyclic) bond motifs is 3. The minimum Gasteiger partial charge on any atom is -0.500 e. The third-order valence-electron chi connectivity index (χ3n) is 7.24. The largest absolute Gasteiger partial charge is 0.500 e. The summed E-state index contributed by atoms with van der Waals surface area (Å²) in [6.45, 7) is 0. The van der Waals surface area contributed by atoms with Crippen molar-refractivity contribution >= 4 is 21.9 Å². The topological polar surface area (TPSA) is 38.9 Å². The molecule has 225 valence electrons. The van der Waals surface area contributed by atoms with E-state index in [0.717, 1.165) is 33.2 Å². The summed E-state index contributed by atoms with van der Waals surface area (Å²) >= 11 is 0. The summed E-state index contributed by atoms with van der Waals surface area (Å²) in [4.78, 5) is 8.78. The normalized spacial score (nSPS) is 12.5. The molecule has 8 aromatic rings. The van der Waals surface area contributed by atoms with Crippen LogP contribution in [0, 0.1) is 12.1 Å². The molecule has 3 nitrogen and oxygen atoms in total. The fourth-order valence-electron chi connectivity index (χ4n) is 5.10. The van der Waals surface area contributed by atoms with E-state index in [0.29, 0.717) is 33.5 Å². The summed E-state index contributed by atoms with van der Waals surface area (Å²) in [7, 11) is 0. The van der Waals surface area contributed by atoms with Crippen LogP contribution in [0.15, 0.2) is 162 Å². The molecular formula is C42H30IrN2O-2. The Bertz CT molecular complexity index is 2350. The molecule has 4 heteroatoms. The molecule has 0 saturated carbocycles. The zero-order valence-corrected chi connectivity index (χ0v) is 27.0. The van der Waals surface area contributed by atoms with E-state index in [-0.39, 0.29) is 20.1 Å². The molecule has 0 fully saturated rings. The second kappa shape index (κ2) is 14.8. The summed E-state index contributed by atoms with van der Waals surface area (Å²) in [5, 5.41) is 2.05. The molecule has 0 aliphatic rings. The van der Waals surface area contributed by atoms with Gasteiger partial charge in [-0.2, -0.15) is 0 Å². The van der Waals surface area contributed by atoms with E-state index >= 15 is 0 Å². The maximum Gasteiger partial charge on any atom is 0.120 e. The first-order valence-electron chi connectivity index (χ1n) is 16.7. The molecule has 0 saturated heterocycles. The maximum absolute atomic E-state index is 8.60. The van der Waals surface area contributed by atoms with Gasteiger partial charge in [0.15, 0.2) is 0 Å². The van der Waals surface area contributed by atoms with Gasteiger partial charge >= 0.3 is 0 Å². The second-order valence-corrected chi connectivity index (χ2v) is 10.3. The third-order valence-corrected chi connectivity index (χ3v) is 7.24. The van der Waals surface area contributed by atoms with Crippen LogP contribution in [0.4, 0.5) is 0 Å². The summed E-state index contributed by atoms with van der Waals surface area (Å²) in [6.07, 6.45) is 0.159. The first-order chi connectivity index (χ1) is 23.8. The van der Waals surface area contributed by atoms with Crippen LogP contribution in [-0.4, -0.2) is 9.97 Å². The Kier molecular flexibility index (Phi) is 8.37. The number of aromatic nitrogens is 2. The van der Waals surface area contributed by atoms with Gasteiger partial charge in [-0.1, -0.05) is 108 Å². The van der Waals surface area contributed by atoms with E-state index in [2.05, 4.69) is 22.1 Å². The predicted octanol–water partition coefficient (Wildman–Crippen LogP) is 10.2. The van der Waals surface area contributed by atoms with Crippen LogP contribution in [0.25, 0.3) is 44.5 Å². The molecule has 0 aliphatic carbocycles. The monoisotopic (exact) mass is 775 g/mol. The number of para-hydroxylation sites is 1. The molecule has 0 atom stereocenters. The molecule has 3 aromatic heterocycles. The van der Waals surface area contributed by atoms with E-state index < -0.39 is 12.7 Å². The van der Waals surface area contributed by atoms with Gasteiger partial charge in [-0.15, -0.1) is 59.2 Å². The van der Waals surface area contributed by atoms with Crippen molar-refractivity contribution in [1.82, 2.24) is 9.97 Å². The first kappa shape index (κ1) is 26.1. The van der Waals surface area contributed by atoms with E-state index in [1.165, 1.54) is 0 Å². The molecule has 5 aromatic carbocycles. The SMILES string of the molecule is [2H]C([2H])(c1ccccc1)c1ccc[c-]c1-c1ccccn1.[2H]C([2H])(c1ccccc1)c1ccnc(-c2[c-]cc3oc4ccccc4c3c2)c1.[Ir]. The van der Waals surface area contributed by atoms with Crippen LogP contribution in [0.5, 0.6) is 0 Å². The molecular weight excluding hydrogens is 741 g/mol. The molecule has 0 spiro atoms. The fraction of sp³-hybridized carbons (Fsp3) is 0.0476. The van der Waals surface area contributed by atoms with Crippen molar-refractivity contribution < 1.29 is 30.0 Å². The van der Waals surface area contributed by atoms with Crippen LogP contribution < -0.4 is 0 Å². The average Bonchev–Trinajstić information content (AvgIpc) is 3.54. The molecule has 8 rings (SSSR count). The number of nitrogens with zero attached hydrogens (tertiary/aromatic N) is 2. The van der Waals surface area contributed by atoms with Gasteiger partial charge in [0, 0.05) is 43.4 Å². The molecule has 0 amide bonds. The van der Waals surface area contributed by atoms with Crippen molar-refractivity contribution in [2.45, 2.75) is 12.7 Å². The molecule has 0 bridgehead atoms. The van der Waals surface area contributed by atoms with Gasteiger partial charge in [0.25, 0.3) is 0 Å². The summed E-state index contributed by atoms with van der Waals surface area (Å²) in [5.41, 5.74) is 6.93. The Labute approximate surface area is 288 Å². The second-order valence-electron chi connectivity index (χ2n) is 10.3. The molecule has 3 heterocycles. The van der Waals surface area contributed by atoms with Gasteiger partial charge in [0.2, 0.25) is 0 Å². The summed E-state index contributed by atoms with van der Waals surface area (Å²) in [6, 6.07) is 51.0. The standard InChI is InChI=1S/C24H16NO.C18H14N.Ir/c1-2-6-17(7-3-1)14-18-12-13-25-22(15-18)19-10-11-24-21(16-19)20-8-4-5-9-23(20)26-24;1-2-8-15(9-3-1)14-16-10-4-5-11-17(16)18-12-6-7-13-19-18;/h1-9,11-13,15-16H,14H2;1-10,12-13H,14H2;/q2*-1;/i2*14D2;. The minimum atomic E-state index is -1.61. The van der Waals surface area contributed by atoms with E-state index in [1.54, 1.807) is 60.9 Å². The van der Waals surface area contributed by atoms with E-state index in [9.17, 15) is 0 Å². The van der Waals surface area contributed by atoms with Crippen molar-refractivity contribution in [1.29, 1.82) is 0 Å². The van der Waals surface area contributed by atoms with E-state index in [4.69, 9.17) is 9.90 Å². The Balaban J connectivity index is 0.000000177. The van der Waals surface area contributed by atoms with Crippen LogP contribution in [-0.2, 0) is 32.9 Å². The van der Waals surface area contributed by atoms with Gasteiger partial charge in [0.1, 0.15) is 5.58 Å². The van der Waals surface area contributed by atoms with Crippen molar-refractivity contribution in [2.24, 2.45) is 0 Å². The van der Waals surface area contributed by atoms with Crippen LogP contribution in [0.3, 0.4) is 0 Å². The van der Waals surface area contributed by atoms with Crippen LogP contribution in [0.2, 0.25) is 0 Å². The minimum absolute atomic E-state index is 0. The van der Waals surface area contributed by atoms with Crippen molar-refractivity contribution in [3.05, 3.63) is 192 Å². The third kappa shape index (κ3) is 7.21. The Morgan fingerprint density at radius 2 is 1.28 bits per heavy atom. The van der Waals surface area contributed by atoms with Gasteiger partial charge in [0.05, 0.1) is 5.58 Å². The Morgan fingerprint density at radius 1 is 0.565 bits per heavy atom. The van der Waals surface area contributed by atoms with Gasteiger partial charge in [-0.05, 0) is 53.5 Å². The molecule has 0 aliphatic heterocycles. The van der Waals surface area contributed by atoms with Gasteiger partial charge < -0.3 is 14.4 Å². The Morgan fingerprint density at radius 3 is 2.07 bits per heavy atom. The fourth-order valence-corrected chi connectivity index (χ4v) is 5.10. The first-order valence-corrected chi connectivity index (χ1v) is 14.7. The molecule has 46 heavy (non-hydrogen) atoms. The van der Waals surface area contributed by atoms with Gasteiger partial charge in [-0.3, -0.25) is 0 Å². The van der Waals surface area contributed by atoms with Crippen LogP contribution >= 0.6 is 0 Å². The van der Waals surface area contributed by atoms with Gasteiger partial charge in [-0.25, -0.2) is 0 Å².